The number of ether oxygens (including phenoxy) is 1. The van der Waals surface area contributed by atoms with Crippen LogP contribution in [0.25, 0.3) is 10.2 Å². The highest BCUT2D eigenvalue weighted by atomic mass is 79.9. The molecule has 3 aromatic rings. The van der Waals surface area contributed by atoms with Crippen molar-refractivity contribution in [2.24, 2.45) is 0 Å². The summed E-state index contributed by atoms with van der Waals surface area (Å²) in [6.45, 7) is 2.47. The Morgan fingerprint density at radius 1 is 1.21 bits per heavy atom. The summed E-state index contributed by atoms with van der Waals surface area (Å²) in [5, 5.41) is 3.17. The number of nitrogens with one attached hydrogen (secondary N) is 2. The molecule has 0 radical (unpaired) electrons. The molecule has 0 aliphatic rings. The van der Waals surface area contributed by atoms with Crippen LogP contribution in [-0.2, 0) is 14.8 Å². The molecule has 0 fully saturated rings. The van der Waals surface area contributed by atoms with Crippen molar-refractivity contribution in [3.8, 4) is 5.75 Å². The number of nitrogens with zero attached hydrogens (tertiary/aromatic N) is 1. The van der Waals surface area contributed by atoms with Crippen LogP contribution in [0.1, 0.15) is 13.3 Å². The lowest BCUT2D eigenvalue weighted by atomic mass is 10.3. The van der Waals surface area contributed by atoms with Crippen LogP contribution in [0.4, 0.5) is 5.13 Å². The summed E-state index contributed by atoms with van der Waals surface area (Å²) < 4.78 is 34.0. The Bertz CT molecular complexity index is 1080. The number of amides is 1. The predicted molar refractivity (Wildman–Crippen MR) is 113 cm³/mol. The van der Waals surface area contributed by atoms with E-state index >= 15 is 0 Å². The average Bonchev–Trinajstić information content (AvgIpc) is 3.03. The van der Waals surface area contributed by atoms with Crippen molar-refractivity contribution in [1.29, 1.82) is 0 Å². The summed E-state index contributed by atoms with van der Waals surface area (Å²) in [6, 6.07) is 11.8. The quantitative estimate of drug-likeness (QED) is 0.508. The molecular weight excluding hydrogens is 466 g/mol. The molecule has 0 bridgehead atoms. The number of hydrogen-bond donors (Lipinski definition) is 2. The molecule has 2 aromatic carbocycles. The molecule has 2 N–H and O–H groups in total. The van der Waals surface area contributed by atoms with Crippen LogP contribution in [0.5, 0.6) is 5.75 Å². The second-order valence-corrected chi connectivity index (χ2v) is 9.44. The summed E-state index contributed by atoms with van der Waals surface area (Å²) in [6.07, 6.45) is -0.00409. The standard InChI is InChI=1S/C18H18BrN3O4S2/c1-2-26-13-5-8-15-16(11-13)27-18(21-15)22-17(23)9-10-20-28(24,25)14-6-3-12(19)4-7-14/h3-8,11,20H,2,9-10H2,1H3,(H,21,22,23). The van der Waals surface area contributed by atoms with E-state index in [0.29, 0.717) is 11.7 Å². The zero-order chi connectivity index (χ0) is 20.1. The van der Waals surface area contributed by atoms with Gasteiger partial charge in [0, 0.05) is 17.4 Å². The Balaban J connectivity index is 1.55. The first-order valence-electron chi connectivity index (χ1n) is 8.46. The largest absolute Gasteiger partial charge is 0.494 e. The van der Waals surface area contributed by atoms with Crippen molar-refractivity contribution in [3.63, 3.8) is 0 Å². The topological polar surface area (TPSA) is 97.4 Å². The molecule has 0 saturated carbocycles. The van der Waals surface area contributed by atoms with Crippen molar-refractivity contribution < 1.29 is 17.9 Å². The third-order valence-corrected chi connectivity index (χ3v) is 6.62. The lowest BCUT2D eigenvalue weighted by Crippen LogP contribution is -2.27. The maximum atomic E-state index is 12.2. The second-order valence-electron chi connectivity index (χ2n) is 5.73. The molecule has 0 spiro atoms. The van der Waals surface area contributed by atoms with Gasteiger partial charge in [-0.05, 0) is 49.4 Å². The Morgan fingerprint density at radius 3 is 2.68 bits per heavy atom. The van der Waals surface area contributed by atoms with Gasteiger partial charge in [-0.15, -0.1) is 0 Å². The fourth-order valence-electron chi connectivity index (χ4n) is 2.39. The zero-order valence-corrected chi connectivity index (χ0v) is 18.2. The van der Waals surface area contributed by atoms with Gasteiger partial charge in [0.2, 0.25) is 15.9 Å². The van der Waals surface area contributed by atoms with Crippen LogP contribution in [0, 0.1) is 0 Å². The van der Waals surface area contributed by atoms with Crippen molar-refractivity contribution in [2.45, 2.75) is 18.2 Å². The maximum Gasteiger partial charge on any atom is 0.240 e. The number of aromatic nitrogens is 1. The van der Waals surface area contributed by atoms with E-state index in [1.165, 1.54) is 23.5 Å². The van der Waals surface area contributed by atoms with Gasteiger partial charge in [-0.3, -0.25) is 4.79 Å². The van der Waals surface area contributed by atoms with Gasteiger partial charge < -0.3 is 10.1 Å². The number of benzene rings is 2. The van der Waals surface area contributed by atoms with E-state index in [2.05, 4.69) is 31.0 Å². The monoisotopic (exact) mass is 483 g/mol. The van der Waals surface area contributed by atoms with Crippen molar-refractivity contribution in [2.75, 3.05) is 18.5 Å². The SMILES string of the molecule is CCOc1ccc2nc(NC(=O)CCNS(=O)(=O)c3ccc(Br)cc3)sc2c1. The summed E-state index contributed by atoms with van der Waals surface area (Å²) in [5.74, 6) is 0.432. The molecule has 1 aromatic heterocycles. The van der Waals surface area contributed by atoms with E-state index < -0.39 is 10.0 Å². The van der Waals surface area contributed by atoms with E-state index in [9.17, 15) is 13.2 Å². The molecule has 1 amide bonds. The number of fused-ring (bicyclic) bond motifs is 1. The molecule has 0 atom stereocenters. The van der Waals surface area contributed by atoms with Crippen LogP contribution in [0.15, 0.2) is 51.8 Å². The highest BCUT2D eigenvalue weighted by Crippen LogP contribution is 2.29. The molecular formula is C18H18BrN3O4S2. The van der Waals surface area contributed by atoms with Gasteiger partial charge in [-0.1, -0.05) is 27.3 Å². The van der Waals surface area contributed by atoms with Crippen LogP contribution in [0.3, 0.4) is 0 Å². The third kappa shape index (κ3) is 5.28. The molecule has 3 rings (SSSR count). The molecule has 0 unspecified atom stereocenters. The van der Waals surface area contributed by atoms with Gasteiger partial charge in [0.15, 0.2) is 5.13 Å². The smallest absolute Gasteiger partial charge is 0.240 e. The molecule has 0 aliphatic carbocycles. The highest BCUT2D eigenvalue weighted by Gasteiger charge is 2.14. The normalized spacial score (nSPS) is 11.5. The van der Waals surface area contributed by atoms with E-state index in [0.717, 1.165) is 20.4 Å². The summed E-state index contributed by atoms with van der Waals surface area (Å²) in [4.78, 5) is 16.6. The van der Waals surface area contributed by atoms with Crippen molar-refractivity contribution >= 4 is 58.5 Å². The minimum Gasteiger partial charge on any atom is -0.494 e. The molecule has 0 aliphatic heterocycles. The number of thiazole rings is 1. The zero-order valence-electron chi connectivity index (χ0n) is 14.9. The number of halogens is 1. The van der Waals surface area contributed by atoms with E-state index in [1.807, 2.05) is 25.1 Å². The number of anilines is 1. The van der Waals surface area contributed by atoms with Gasteiger partial charge in [-0.2, -0.15) is 0 Å². The first kappa shape index (κ1) is 20.7. The first-order chi connectivity index (χ1) is 13.4. The third-order valence-electron chi connectivity index (χ3n) is 3.69. The molecule has 148 valence electrons. The van der Waals surface area contributed by atoms with Gasteiger partial charge in [0.05, 0.1) is 21.7 Å². The summed E-state index contributed by atoms with van der Waals surface area (Å²) in [7, 11) is -3.65. The van der Waals surface area contributed by atoms with E-state index in [1.54, 1.807) is 12.1 Å². The molecule has 0 saturated heterocycles. The van der Waals surface area contributed by atoms with Crippen LogP contribution < -0.4 is 14.8 Å². The number of hydrogen-bond acceptors (Lipinski definition) is 6. The summed E-state index contributed by atoms with van der Waals surface area (Å²) in [5.41, 5.74) is 0.764. The predicted octanol–water partition coefficient (Wildman–Crippen LogP) is 3.76. The lowest BCUT2D eigenvalue weighted by Gasteiger charge is -2.06. The maximum absolute atomic E-state index is 12.2. The fourth-order valence-corrected chi connectivity index (χ4v) is 4.60. The Kier molecular flexibility index (Phi) is 6.65. The van der Waals surface area contributed by atoms with Gasteiger partial charge in [0.25, 0.3) is 0 Å². The Morgan fingerprint density at radius 2 is 1.96 bits per heavy atom. The number of carbonyl (C=O) groups is 1. The minimum atomic E-state index is -3.65. The molecule has 28 heavy (non-hydrogen) atoms. The van der Waals surface area contributed by atoms with E-state index in [4.69, 9.17) is 4.74 Å². The van der Waals surface area contributed by atoms with Crippen LogP contribution in [-0.4, -0.2) is 32.5 Å². The molecule has 7 nitrogen and oxygen atoms in total. The average molecular weight is 484 g/mol. The van der Waals surface area contributed by atoms with E-state index in [-0.39, 0.29) is 23.8 Å². The highest BCUT2D eigenvalue weighted by molar-refractivity contribution is 9.10. The first-order valence-corrected chi connectivity index (χ1v) is 11.5. The fraction of sp³-hybridized carbons (Fsp3) is 0.222. The minimum absolute atomic E-state index is 0.00409. The molecule has 1 heterocycles. The van der Waals surface area contributed by atoms with Crippen molar-refractivity contribution in [3.05, 3.63) is 46.9 Å². The lowest BCUT2D eigenvalue weighted by molar-refractivity contribution is -0.116. The number of sulfonamides is 1. The number of carbonyl (C=O) groups excluding carboxylic acids is 1. The van der Waals surface area contributed by atoms with Gasteiger partial charge in [-0.25, -0.2) is 18.1 Å². The Labute approximate surface area is 175 Å². The van der Waals surface area contributed by atoms with Crippen LogP contribution >= 0.6 is 27.3 Å². The van der Waals surface area contributed by atoms with Gasteiger partial charge in [0.1, 0.15) is 5.75 Å². The molecule has 10 heteroatoms. The Hall–Kier alpha value is -2.01. The summed E-state index contributed by atoms with van der Waals surface area (Å²) >= 11 is 4.60. The van der Waals surface area contributed by atoms with Crippen LogP contribution in [0.2, 0.25) is 0 Å². The van der Waals surface area contributed by atoms with Gasteiger partial charge >= 0.3 is 0 Å². The number of rotatable bonds is 8. The second kappa shape index (κ2) is 8.99. The van der Waals surface area contributed by atoms with Crippen molar-refractivity contribution in [1.82, 2.24) is 9.71 Å².